The number of piperazine rings is 1. The number of nitrogens with one attached hydrogen (secondary N) is 1. The molecule has 2 unspecified atom stereocenters. The van der Waals surface area contributed by atoms with E-state index in [0.717, 1.165) is 74.8 Å². The number of aromatic nitrogens is 4. The van der Waals surface area contributed by atoms with Crippen LogP contribution in [0.1, 0.15) is 81.4 Å². The standard InChI is InChI=1S/C31H42N8O3/c1-31(2,3)42-30(41)38-23-11-12-24(38)19-37(18-23)17-20-10-13-26(32-15-20)34-29-33-16-21-14-25(28(40)36(4)5)39(27(21)35-29)22-8-6-7-9-22/h10,13-16,22-24H,6-9,11-12,17-19H2,1-5H3,(H,32,33,34,35). The number of carbonyl (C=O) groups excluding carboxylic acids is 2. The van der Waals surface area contributed by atoms with Crippen LogP contribution in [0.3, 0.4) is 0 Å². The molecule has 2 saturated heterocycles. The molecule has 11 heteroatoms. The first-order valence-corrected chi connectivity index (χ1v) is 15.1. The lowest BCUT2D eigenvalue weighted by molar-refractivity contribution is -0.00544. The molecule has 3 aliphatic rings. The van der Waals surface area contributed by atoms with Crippen LogP contribution < -0.4 is 5.32 Å². The van der Waals surface area contributed by atoms with E-state index in [-0.39, 0.29) is 30.1 Å². The zero-order chi connectivity index (χ0) is 29.6. The Hall–Kier alpha value is -3.73. The normalized spacial score (nSPS) is 21.2. The summed E-state index contributed by atoms with van der Waals surface area (Å²) in [7, 11) is 3.56. The molecule has 2 amide bonds. The van der Waals surface area contributed by atoms with Gasteiger partial charge in [-0.2, -0.15) is 4.98 Å². The molecule has 3 aromatic heterocycles. The molecule has 6 rings (SSSR count). The zero-order valence-electron chi connectivity index (χ0n) is 25.3. The van der Waals surface area contributed by atoms with Crippen LogP contribution in [0.2, 0.25) is 0 Å². The molecule has 2 bridgehead atoms. The summed E-state index contributed by atoms with van der Waals surface area (Å²) in [5.41, 5.74) is 2.07. The monoisotopic (exact) mass is 574 g/mol. The molecule has 3 aromatic rings. The Morgan fingerprint density at radius 2 is 1.71 bits per heavy atom. The van der Waals surface area contributed by atoms with Gasteiger partial charge in [-0.15, -0.1) is 0 Å². The van der Waals surface area contributed by atoms with Crippen LogP contribution in [-0.2, 0) is 11.3 Å². The van der Waals surface area contributed by atoms with Gasteiger partial charge < -0.3 is 19.5 Å². The number of amides is 2. The summed E-state index contributed by atoms with van der Waals surface area (Å²) in [5, 5.41) is 4.12. The van der Waals surface area contributed by atoms with E-state index >= 15 is 0 Å². The molecule has 5 heterocycles. The summed E-state index contributed by atoms with van der Waals surface area (Å²) in [6.45, 7) is 8.20. The summed E-state index contributed by atoms with van der Waals surface area (Å²) >= 11 is 0. The first-order chi connectivity index (χ1) is 20.1. The van der Waals surface area contributed by atoms with Gasteiger partial charge in [0.15, 0.2) is 0 Å². The molecule has 11 nitrogen and oxygen atoms in total. The number of hydrogen-bond donors (Lipinski definition) is 1. The maximum atomic E-state index is 13.0. The van der Waals surface area contributed by atoms with Gasteiger partial charge in [0.1, 0.15) is 22.8 Å². The van der Waals surface area contributed by atoms with Crippen molar-refractivity contribution >= 4 is 34.8 Å². The second-order valence-corrected chi connectivity index (χ2v) is 13.2. The highest BCUT2D eigenvalue weighted by Gasteiger charge is 2.44. The van der Waals surface area contributed by atoms with Gasteiger partial charge in [0.2, 0.25) is 5.95 Å². The highest BCUT2D eigenvalue weighted by Crippen LogP contribution is 2.35. The number of carbonyl (C=O) groups is 2. The predicted octanol–water partition coefficient (Wildman–Crippen LogP) is 4.97. The largest absolute Gasteiger partial charge is 0.444 e. The molecule has 42 heavy (non-hydrogen) atoms. The van der Waals surface area contributed by atoms with E-state index in [4.69, 9.17) is 9.72 Å². The SMILES string of the molecule is CN(C)C(=O)c1cc2cnc(Nc3ccc(CN4CC5CCC(C4)N5C(=O)OC(C)(C)C)cn3)nc2n1C1CCCC1. The molecule has 0 spiro atoms. The van der Waals surface area contributed by atoms with E-state index in [0.29, 0.717) is 17.5 Å². The van der Waals surface area contributed by atoms with E-state index in [1.807, 2.05) is 44.0 Å². The van der Waals surface area contributed by atoms with Crippen molar-refractivity contribution in [3.8, 4) is 0 Å². The number of hydrogen-bond acceptors (Lipinski definition) is 8. The van der Waals surface area contributed by atoms with Crippen molar-refractivity contribution in [2.45, 2.75) is 89.6 Å². The summed E-state index contributed by atoms with van der Waals surface area (Å²) in [6.07, 6.45) is 9.92. The maximum absolute atomic E-state index is 13.0. The van der Waals surface area contributed by atoms with Gasteiger partial charge in [0.25, 0.3) is 5.91 Å². The van der Waals surface area contributed by atoms with Crippen LogP contribution in [-0.4, -0.2) is 91.1 Å². The third-order valence-corrected chi connectivity index (χ3v) is 8.52. The molecule has 0 radical (unpaired) electrons. The molecule has 2 atom stereocenters. The van der Waals surface area contributed by atoms with Crippen LogP contribution in [0.4, 0.5) is 16.6 Å². The smallest absolute Gasteiger partial charge is 0.410 e. The topological polar surface area (TPSA) is 109 Å². The number of likely N-dealkylation sites (tertiary alicyclic amines) is 1. The molecule has 1 aliphatic carbocycles. The summed E-state index contributed by atoms with van der Waals surface area (Å²) in [5.74, 6) is 1.10. The Kier molecular flexibility index (Phi) is 7.55. The molecule has 3 fully saturated rings. The average molecular weight is 575 g/mol. The van der Waals surface area contributed by atoms with Gasteiger partial charge in [-0.3, -0.25) is 14.6 Å². The summed E-state index contributed by atoms with van der Waals surface area (Å²) < 4.78 is 7.79. The summed E-state index contributed by atoms with van der Waals surface area (Å²) in [4.78, 5) is 45.8. The van der Waals surface area contributed by atoms with E-state index < -0.39 is 5.60 Å². The lowest BCUT2D eigenvalue weighted by Crippen LogP contribution is -2.56. The Labute approximate surface area is 247 Å². The Morgan fingerprint density at radius 3 is 2.33 bits per heavy atom. The van der Waals surface area contributed by atoms with Crippen LogP contribution >= 0.6 is 0 Å². The zero-order valence-corrected chi connectivity index (χ0v) is 25.3. The van der Waals surface area contributed by atoms with E-state index in [1.165, 1.54) is 0 Å². The van der Waals surface area contributed by atoms with Crippen molar-refractivity contribution in [2.24, 2.45) is 0 Å². The number of ether oxygens (including phenoxy) is 1. The van der Waals surface area contributed by atoms with Gasteiger partial charge in [-0.1, -0.05) is 18.9 Å². The average Bonchev–Trinajstić information content (AvgIpc) is 3.65. The predicted molar refractivity (Wildman–Crippen MR) is 161 cm³/mol. The van der Waals surface area contributed by atoms with Gasteiger partial charge in [-0.25, -0.2) is 14.8 Å². The van der Waals surface area contributed by atoms with Gasteiger partial charge in [0.05, 0.1) is 0 Å². The first-order valence-electron chi connectivity index (χ1n) is 15.1. The van der Waals surface area contributed by atoms with Crippen LogP contribution in [0.5, 0.6) is 0 Å². The van der Waals surface area contributed by atoms with Crippen molar-refractivity contribution in [3.63, 3.8) is 0 Å². The van der Waals surface area contributed by atoms with Crippen LogP contribution in [0.15, 0.2) is 30.6 Å². The van der Waals surface area contributed by atoms with Crippen molar-refractivity contribution in [3.05, 3.63) is 41.9 Å². The fraction of sp³-hybridized carbons (Fsp3) is 0.581. The summed E-state index contributed by atoms with van der Waals surface area (Å²) in [6, 6.07) is 6.58. The molecular formula is C31H42N8O3. The van der Waals surface area contributed by atoms with E-state index in [1.54, 1.807) is 25.2 Å². The third-order valence-electron chi connectivity index (χ3n) is 8.52. The van der Waals surface area contributed by atoms with Crippen molar-refractivity contribution in [2.75, 3.05) is 32.5 Å². The van der Waals surface area contributed by atoms with E-state index in [2.05, 4.69) is 30.8 Å². The van der Waals surface area contributed by atoms with Crippen LogP contribution in [0.25, 0.3) is 11.0 Å². The van der Waals surface area contributed by atoms with Crippen molar-refractivity contribution in [1.29, 1.82) is 0 Å². The third kappa shape index (κ3) is 5.79. The van der Waals surface area contributed by atoms with Gasteiger partial charge in [0, 0.05) is 69.6 Å². The Bertz CT molecular complexity index is 1440. The molecule has 224 valence electrons. The molecule has 1 saturated carbocycles. The fourth-order valence-corrected chi connectivity index (χ4v) is 6.69. The number of pyridine rings is 1. The molecule has 1 N–H and O–H groups in total. The second kappa shape index (κ2) is 11.2. The molecule has 2 aliphatic heterocycles. The highest BCUT2D eigenvalue weighted by atomic mass is 16.6. The number of anilines is 2. The number of fused-ring (bicyclic) bond motifs is 3. The van der Waals surface area contributed by atoms with Crippen molar-refractivity contribution < 1.29 is 14.3 Å². The molecular weight excluding hydrogens is 532 g/mol. The van der Waals surface area contributed by atoms with Gasteiger partial charge >= 0.3 is 6.09 Å². The lowest BCUT2D eigenvalue weighted by Gasteiger charge is -2.41. The lowest BCUT2D eigenvalue weighted by atomic mass is 10.1. The second-order valence-electron chi connectivity index (χ2n) is 13.2. The number of nitrogens with zero attached hydrogens (tertiary/aromatic N) is 7. The molecule has 0 aromatic carbocycles. The highest BCUT2D eigenvalue weighted by molar-refractivity contribution is 5.97. The maximum Gasteiger partial charge on any atom is 0.410 e. The van der Waals surface area contributed by atoms with Crippen molar-refractivity contribution in [1.82, 2.24) is 34.2 Å². The minimum atomic E-state index is -0.486. The number of rotatable bonds is 6. The fourth-order valence-electron chi connectivity index (χ4n) is 6.69. The minimum Gasteiger partial charge on any atom is -0.444 e. The quantitative estimate of drug-likeness (QED) is 0.440. The van der Waals surface area contributed by atoms with E-state index in [9.17, 15) is 9.59 Å². The minimum absolute atomic E-state index is 0.0223. The first kappa shape index (κ1) is 28.4. The Balaban J connectivity index is 1.13. The van der Waals surface area contributed by atoms with Crippen LogP contribution in [0, 0.1) is 0 Å². The van der Waals surface area contributed by atoms with Gasteiger partial charge in [-0.05, 0) is 64.2 Å². The Morgan fingerprint density at radius 1 is 1.00 bits per heavy atom.